The average molecular weight is 323 g/mol. The highest BCUT2D eigenvalue weighted by molar-refractivity contribution is 5.79. The third-order valence-corrected chi connectivity index (χ3v) is 4.38. The van der Waals surface area contributed by atoms with Gasteiger partial charge in [-0.2, -0.15) is 0 Å². The number of nitrogens with zero attached hydrogens (tertiary/aromatic N) is 5. The summed E-state index contributed by atoms with van der Waals surface area (Å²) in [6.07, 6.45) is 0. The molecule has 0 unspecified atom stereocenters. The predicted octanol–water partition coefficient (Wildman–Crippen LogP) is -0.101. The Morgan fingerprint density at radius 3 is 2.52 bits per heavy atom. The van der Waals surface area contributed by atoms with E-state index in [1.807, 2.05) is 18.5 Å². The number of morpholine rings is 1. The molecule has 1 fully saturated rings. The average Bonchev–Trinajstić information content (AvgIpc) is 2.88. The summed E-state index contributed by atoms with van der Waals surface area (Å²) in [6, 6.07) is 0. The SMILES string of the molecule is CN=C(NCc1nnc(C)n1C)NCC(C)(C)N1CCOCC1. The molecule has 0 aromatic carbocycles. The van der Waals surface area contributed by atoms with Gasteiger partial charge >= 0.3 is 0 Å². The second kappa shape index (κ2) is 7.74. The van der Waals surface area contributed by atoms with Crippen LogP contribution in [0.2, 0.25) is 0 Å². The summed E-state index contributed by atoms with van der Waals surface area (Å²) in [7, 11) is 3.74. The zero-order valence-corrected chi connectivity index (χ0v) is 14.9. The van der Waals surface area contributed by atoms with Crippen molar-refractivity contribution >= 4 is 5.96 Å². The van der Waals surface area contributed by atoms with Gasteiger partial charge in [0.1, 0.15) is 5.82 Å². The van der Waals surface area contributed by atoms with Gasteiger partial charge < -0.3 is 19.9 Å². The molecule has 1 aliphatic rings. The van der Waals surface area contributed by atoms with Crippen LogP contribution < -0.4 is 10.6 Å². The Morgan fingerprint density at radius 1 is 1.26 bits per heavy atom. The van der Waals surface area contributed by atoms with E-state index in [9.17, 15) is 0 Å². The number of hydrogen-bond acceptors (Lipinski definition) is 5. The summed E-state index contributed by atoms with van der Waals surface area (Å²) in [5.74, 6) is 2.56. The van der Waals surface area contributed by atoms with Crippen molar-refractivity contribution < 1.29 is 4.74 Å². The van der Waals surface area contributed by atoms with Crippen molar-refractivity contribution in [2.24, 2.45) is 12.0 Å². The molecular weight excluding hydrogens is 294 g/mol. The molecule has 1 saturated heterocycles. The Bertz CT molecular complexity index is 532. The zero-order valence-electron chi connectivity index (χ0n) is 14.9. The number of aliphatic imine (C=N–C) groups is 1. The van der Waals surface area contributed by atoms with Crippen molar-refractivity contribution in [1.29, 1.82) is 0 Å². The molecule has 0 radical (unpaired) electrons. The molecule has 1 aliphatic heterocycles. The number of aryl methyl sites for hydroxylation is 1. The molecule has 2 rings (SSSR count). The van der Waals surface area contributed by atoms with E-state index >= 15 is 0 Å². The van der Waals surface area contributed by atoms with E-state index in [2.05, 4.69) is 44.6 Å². The minimum Gasteiger partial charge on any atom is -0.379 e. The molecule has 2 heterocycles. The summed E-state index contributed by atoms with van der Waals surface area (Å²) in [5.41, 5.74) is 0.0444. The predicted molar refractivity (Wildman–Crippen MR) is 90.4 cm³/mol. The first-order chi connectivity index (χ1) is 10.9. The van der Waals surface area contributed by atoms with Crippen LogP contribution in [0.4, 0.5) is 0 Å². The monoisotopic (exact) mass is 323 g/mol. The third kappa shape index (κ3) is 4.65. The molecule has 23 heavy (non-hydrogen) atoms. The Kier molecular flexibility index (Phi) is 5.95. The van der Waals surface area contributed by atoms with E-state index in [1.54, 1.807) is 7.05 Å². The van der Waals surface area contributed by atoms with Gasteiger partial charge in [-0.3, -0.25) is 9.89 Å². The maximum atomic E-state index is 5.43. The van der Waals surface area contributed by atoms with Crippen molar-refractivity contribution in [1.82, 2.24) is 30.3 Å². The van der Waals surface area contributed by atoms with Gasteiger partial charge in [0.25, 0.3) is 0 Å². The second-order valence-corrected chi connectivity index (χ2v) is 6.41. The zero-order chi connectivity index (χ0) is 16.9. The highest BCUT2D eigenvalue weighted by Gasteiger charge is 2.28. The lowest BCUT2D eigenvalue weighted by Crippen LogP contribution is -2.56. The van der Waals surface area contributed by atoms with Gasteiger partial charge in [-0.25, -0.2) is 0 Å². The molecular formula is C15H29N7O. The highest BCUT2D eigenvalue weighted by atomic mass is 16.5. The first kappa shape index (κ1) is 17.7. The second-order valence-electron chi connectivity index (χ2n) is 6.41. The van der Waals surface area contributed by atoms with Gasteiger partial charge in [0.2, 0.25) is 0 Å². The van der Waals surface area contributed by atoms with Crippen molar-refractivity contribution in [2.45, 2.75) is 32.9 Å². The fourth-order valence-corrected chi connectivity index (χ4v) is 2.57. The normalized spacial score (nSPS) is 17.3. The summed E-state index contributed by atoms with van der Waals surface area (Å²) in [4.78, 5) is 6.73. The van der Waals surface area contributed by atoms with Crippen LogP contribution in [0.15, 0.2) is 4.99 Å². The smallest absolute Gasteiger partial charge is 0.191 e. The molecule has 2 N–H and O–H groups in total. The minimum absolute atomic E-state index is 0.0444. The van der Waals surface area contributed by atoms with Crippen LogP contribution in [0, 0.1) is 6.92 Å². The van der Waals surface area contributed by atoms with Crippen molar-refractivity contribution in [3.05, 3.63) is 11.6 Å². The lowest BCUT2D eigenvalue weighted by atomic mass is 10.0. The van der Waals surface area contributed by atoms with Crippen molar-refractivity contribution in [2.75, 3.05) is 39.9 Å². The van der Waals surface area contributed by atoms with Gasteiger partial charge in [0.05, 0.1) is 19.8 Å². The van der Waals surface area contributed by atoms with Gasteiger partial charge in [-0.15, -0.1) is 10.2 Å². The number of hydrogen-bond donors (Lipinski definition) is 2. The van der Waals surface area contributed by atoms with E-state index in [0.717, 1.165) is 50.5 Å². The molecule has 0 bridgehead atoms. The fraction of sp³-hybridized carbons (Fsp3) is 0.800. The van der Waals surface area contributed by atoms with Gasteiger partial charge in [-0.05, 0) is 20.8 Å². The Morgan fingerprint density at radius 2 is 1.96 bits per heavy atom. The van der Waals surface area contributed by atoms with E-state index in [1.165, 1.54) is 0 Å². The summed E-state index contributed by atoms with van der Waals surface area (Å²) < 4.78 is 7.40. The Balaban J connectivity index is 1.83. The molecule has 0 saturated carbocycles. The van der Waals surface area contributed by atoms with E-state index in [-0.39, 0.29) is 5.54 Å². The maximum absolute atomic E-state index is 5.43. The minimum atomic E-state index is 0.0444. The van der Waals surface area contributed by atoms with Crippen LogP contribution in [-0.4, -0.2) is 71.1 Å². The van der Waals surface area contributed by atoms with E-state index < -0.39 is 0 Å². The van der Waals surface area contributed by atoms with Crippen LogP contribution in [0.25, 0.3) is 0 Å². The molecule has 8 heteroatoms. The summed E-state index contributed by atoms with van der Waals surface area (Å²) in [5, 5.41) is 14.9. The largest absolute Gasteiger partial charge is 0.379 e. The molecule has 0 atom stereocenters. The highest BCUT2D eigenvalue weighted by Crippen LogP contribution is 2.14. The number of rotatable bonds is 5. The number of aromatic nitrogens is 3. The number of nitrogens with one attached hydrogen (secondary N) is 2. The fourth-order valence-electron chi connectivity index (χ4n) is 2.57. The first-order valence-electron chi connectivity index (χ1n) is 8.06. The van der Waals surface area contributed by atoms with Crippen molar-refractivity contribution in [3.63, 3.8) is 0 Å². The van der Waals surface area contributed by atoms with Crippen LogP contribution in [0.5, 0.6) is 0 Å². The van der Waals surface area contributed by atoms with Crippen LogP contribution >= 0.6 is 0 Å². The topological polar surface area (TPSA) is 79.6 Å². The van der Waals surface area contributed by atoms with Gasteiger partial charge in [0.15, 0.2) is 11.8 Å². The molecule has 1 aromatic rings. The summed E-state index contributed by atoms with van der Waals surface area (Å²) in [6.45, 7) is 11.4. The standard InChI is InChI=1S/C15H29N7O/c1-12-19-20-13(21(12)5)10-17-14(16-4)18-11-15(2,3)22-6-8-23-9-7-22/h6-11H2,1-5H3,(H2,16,17,18). The summed E-state index contributed by atoms with van der Waals surface area (Å²) >= 11 is 0. The van der Waals surface area contributed by atoms with Gasteiger partial charge in [0, 0.05) is 39.3 Å². The Hall–Kier alpha value is -1.67. The maximum Gasteiger partial charge on any atom is 0.191 e. The van der Waals surface area contributed by atoms with E-state index in [4.69, 9.17) is 4.74 Å². The Labute approximate surface area is 138 Å². The molecule has 1 aromatic heterocycles. The first-order valence-corrected chi connectivity index (χ1v) is 8.06. The van der Waals surface area contributed by atoms with E-state index in [0.29, 0.717) is 6.54 Å². The number of ether oxygens (including phenoxy) is 1. The van der Waals surface area contributed by atoms with Gasteiger partial charge in [-0.1, -0.05) is 0 Å². The van der Waals surface area contributed by atoms with Crippen LogP contribution in [0.1, 0.15) is 25.5 Å². The molecule has 0 spiro atoms. The number of guanidine groups is 1. The lowest BCUT2D eigenvalue weighted by Gasteiger charge is -2.41. The molecule has 0 amide bonds. The quantitative estimate of drug-likeness (QED) is 0.582. The van der Waals surface area contributed by atoms with Crippen LogP contribution in [-0.2, 0) is 18.3 Å². The lowest BCUT2D eigenvalue weighted by molar-refractivity contribution is -0.00834. The van der Waals surface area contributed by atoms with Crippen LogP contribution in [0.3, 0.4) is 0 Å². The molecule has 0 aliphatic carbocycles. The van der Waals surface area contributed by atoms with Crippen molar-refractivity contribution in [3.8, 4) is 0 Å². The molecule has 8 nitrogen and oxygen atoms in total. The molecule has 130 valence electrons. The third-order valence-electron chi connectivity index (χ3n) is 4.38.